The Kier molecular flexibility index (Phi) is 6.84. The lowest BCUT2D eigenvalue weighted by Gasteiger charge is -2.37. The average molecular weight is 447 g/mol. The van der Waals surface area contributed by atoms with E-state index < -0.39 is 0 Å². The zero-order chi connectivity index (χ0) is 23.4. The Hall–Kier alpha value is -3.51. The number of aryl methyl sites for hydroxylation is 1. The zero-order valence-electron chi connectivity index (χ0n) is 19.6. The van der Waals surface area contributed by atoms with E-state index in [1.54, 1.807) is 21.3 Å². The quantitative estimate of drug-likeness (QED) is 0.575. The van der Waals surface area contributed by atoms with Crippen molar-refractivity contribution in [3.8, 4) is 17.2 Å². The first-order valence-electron chi connectivity index (χ1n) is 11.0. The van der Waals surface area contributed by atoms with Crippen LogP contribution >= 0.6 is 0 Å². The summed E-state index contributed by atoms with van der Waals surface area (Å²) < 4.78 is 16.5. The van der Waals surface area contributed by atoms with Gasteiger partial charge in [-0.2, -0.15) is 0 Å². The van der Waals surface area contributed by atoms with Crippen LogP contribution in [0.15, 0.2) is 60.7 Å². The molecule has 0 unspecified atom stereocenters. The largest absolute Gasteiger partial charge is 0.495 e. The molecule has 1 aliphatic rings. The fraction of sp³-hybridized carbons (Fsp3) is 0.296. The summed E-state index contributed by atoms with van der Waals surface area (Å²) in [5.74, 6) is 1.98. The number of carbonyl (C=O) groups excluding carboxylic acids is 1. The van der Waals surface area contributed by atoms with E-state index in [0.717, 1.165) is 35.4 Å². The van der Waals surface area contributed by atoms with Crippen molar-refractivity contribution in [1.82, 2.24) is 4.90 Å². The molecule has 3 aromatic rings. The monoisotopic (exact) mass is 446 g/mol. The molecule has 172 valence electrons. The molecule has 1 heterocycles. The van der Waals surface area contributed by atoms with Crippen molar-refractivity contribution in [3.05, 3.63) is 82.9 Å². The molecule has 0 radical (unpaired) electrons. The Labute approximate surface area is 195 Å². The summed E-state index contributed by atoms with van der Waals surface area (Å²) in [7, 11) is 4.90. The first-order chi connectivity index (χ1) is 16.0. The van der Waals surface area contributed by atoms with Gasteiger partial charge in [-0.15, -0.1) is 0 Å². The number of hydrogen-bond donors (Lipinski definition) is 1. The smallest absolute Gasteiger partial charge is 0.238 e. The molecular weight excluding hydrogens is 416 g/mol. The highest BCUT2D eigenvalue weighted by molar-refractivity contribution is 5.94. The van der Waals surface area contributed by atoms with Crippen LogP contribution in [0.3, 0.4) is 0 Å². The lowest BCUT2D eigenvalue weighted by Crippen LogP contribution is -2.41. The standard InChI is InChI=1S/C27H30N2O4/c1-18-10-11-23(31-2)22(14-18)28-26(30)17-29-13-12-20-15-24(32-3)25(33-4)16-21(20)27(29)19-8-6-5-7-9-19/h5-11,14-16,27H,12-13,17H2,1-4H3,(H,28,30)/t27-/m1/s1. The van der Waals surface area contributed by atoms with Crippen molar-refractivity contribution in [3.63, 3.8) is 0 Å². The SMILES string of the molecule is COc1ccc(C)cc1NC(=O)CN1CCc2cc(OC)c(OC)cc2[C@H]1c1ccccc1. The highest BCUT2D eigenvalue weighted by Gasteiger charge is 2.31. The Balaban J connectivity index is 1.65. The first-order valence-corrected chi connectivity index (χ1v) is 11.0. The van der Waals surface area contributed by atoms with Gasteiger partial charge in [-0.25, -0.2) is 0 Å². The lowest BCUT2D eigenvalue weighted by molar-refractivity contribution is -0.117. The molecule has 6 nitrogen and oxygen atoms in total. The predicted molar refractivity (Wildman–Crippen MR) is 129 cm³/mol. The minimum atomic E-state index is -0.0799. The summed E-state index contributed by atoms with van der Waals surface area (Å²) >= 11 is 0. The van der Waals surface area contributed by atoms with Crippen molar-refractivity contribution >= 4 is 11.6 Å². The lowest BCUT2D eigenvalue weighted by atomic mass is 9.87. The number of ether oxygens (including phenoxy) is 3. The fourth-order valence-corrected chi connectivity index (χ4v) is 4.49. The third kappa shape index (κ3) is 4.81. The van der Waals surface area contributed by atoms with E-state index in [1.165, 1.54) is 5.56 Å². The topological polar surface area (TPSA) is 60.0 Å². The zero-order valence-corrected chi connectivity index (χ0v) is 19.6. The first kappa shape index (κ1) is 22.7. The number of benzene rings is 3. The van der Waals surface area contributed by atoms with Crippen LogP contribution in [0.4, 0.5) is 5.69 Å². The Morgan fingerprint density at radius 3 is 2.33 bits per heavy atom. The summed E-state index contributed by atoms with van der Waals surface area (Å²) in [6, 6.07) is 20.0. The number of rotatable bonds is 7. The number of methoxy groups -OCH3 is 3. The molecule has 0 aromatic heterocycles. The molecule has 0 saturated carbocycles. The predicted octanol–water partition coefficient (Wildman–Crippen LogP) is 4.61. The van der Waals surface area contributed by atoms with Crippen molar-refractivity contribution in [2.24, 2.45) is 0 Å². The maximum atomic E-state index is 13.1. The molecular formula is C27H30N2O4. The van der Waals surface area contributed by atoms with Crippen LogP contribution < -0.4 is 19.5 Å². The highest BCUT2D eigenvalue weighted by Crippen LogP contribution is 2.41. The van der Waals surface area contributed by atoms with E-state index >= 15 is 0 Å². The van der Waals surface area contributed by atoms with Crippen LogP contribution in [0.5, 0.6) is 17.2 Å². The normalized spacial score (nSPS) is 15.5. The van der Waals surface area contributed by atoms with Crippen LogP contribution in [0.25, 0.3) is 0 Å². The molecule has 0 fully saturated rings. The second kappa shape index (κ2) is 9.96. The number of nitrogens with zero attached hydrogens (tertiary/aromatic N) is 1. The van der Waals surface area contributed by atoms with Crippen molar-refractivity contribution in [1.29, 1.82) is 0 Å². The Morgan fingerprint density at radius 2 is 1.64 bits per heavy atom. The van der Waals surface area contributed by atoms with E-state index in [4.69, 9.17) is 14.2 Å². The summed E-state index contributed by atoms with van der Waals surface area (Å²) in [4.78, 5) is 15.3. The number of fused-ring (bicyclic) bond motifs is 1. The second-order valence-corrected chi connectivity index (χ2v) is 8.19. The van der Waals surface area contributed by atoms with Crippen LogP contribution in [-0.2, 0) is 11.2 Å². The Bertz CT molecular complexity index is 1130. The van der Waals surface area contributed by atoms with Gasteiger partial charge in [0.2, 0.25) is 5.91 Å². The van der Waals surface area contributed by atoms with E-state index in [1.807, 2.05) is 49.4 Å². The highest BCUT2D eigenvalue weighted by atomic mass is 16.5. The van der Waals surface area contributed by atoms with Crippen molar-refractivity contribution in [2.45, 2.75) is 19.4 Å². The maximum absolute atomic E-state index is 13.1. The number of anilines is 1. The van der Waals surface area contributed by atoms with Gasteiger partial charge in [0.15, 0.2) is 11.5 Å². The molecule has 0 saturated heterocycles. The molecule has 1 N–H and O–H groups in total. The maximum Gasteiger partial charge on any atom is 0.238 e. The molecule has 33 heavy (non-hydrogen) atoms. The van der Waals surface area contributed by atoms with Crippen molar-refractivity contribution in [2.75, 3.05) is 39.7 Å². The van der Waals surface area contributed by atoms with E-state index in [0.29, 0.717) is 17.2 Å². The molecule has 1 amide bonds. The minimum Gasteiger partial charge on any atom is -0.495 e. The van der Waals surface area contributed by atoms with E-state index in [-0.39, 0.29) is 18.5 Å². The molecule has 0 spiro atoms. The van der Waals surface area contributed by atoms with Crippen LogP contribution in [0, 0.1) is 6.92 Å². The van der Waals surface area contributed by atoms with Crippen LogP contribution in [-0.4, -0.2) is 45.2 Å². The molecule has 6 heteroatoms. The molecule has 3 aromatic carbocycles. The van der Waals surface area contributed by atoms with Gasteiger partial charge in [0.25, 0.3) is 0 Å². The molecule has 1 aliphatic heterocycles. The number of carbonyl (C=O) groups is 1. The molecule has 0 bridgehead atoms. The summed E-state index contributed by atoms with van der Waals surface area (Å²) in [5, 5.41) is 3.04. The van der Waals surface area contributed by atoms with Crippen LogP contribution in [0.1, 0.15) is 28.3 Å². The summed E-state index contributed by atoms with van der Waals surface area (Å²) in [6.07, 6.45) is 0.820. The fourth-order valence-electron chi connectivity index (χ4n) is 4.49. The van der Waals surface area contributed by atoms with Gasteiger partial charge in [0.1, 0.15) is 5.75 Å². The third-order valence-corrected chi connectivity index (χ3v) is 6.06. The van der Waals surface area contributed by atoms with Crippen molar-refractivity contribution < 1.29 is 19.0 Å². The molecule has 1 atom stereocenters. The molecule has 0 aliphatic carbocycles. The minimum absolute atomic E-state index is 0.0695. The second-order valence-electron chi connectivity index (χ2n) is 8.19. The van der Waals surface area contributed by atoms with Gasteiger partial charge in [0, 0.05) is 6.54 Å². The third-order valence-electron chi connectivity index (χ3n) is 6.06. The van der Waals surface area contributed by atoms with Crippen LogP contribution in [0.2, 0.25) is 0 Å². The van der Waals surface area contributed by atoms with E-state index in [9.17, 15) is 4.79 Å². The van der Waals surface area contributed by atoms with Gasteiger partial charge >= 0.3 is 0 Å². The molecule has 4 rings (SSSR count). The summed E-state index contributed by atoms with van der Waals surface area (Å²) in [5.41, 5.74) is 5.21. The number of amides is 1. The van der Waals surface area contributed by atoms with Gasteiger partial charge in [-0.3, -0.25) is 9.69 Å². The summed E-state index contributed by atoms with van der Waals surface area (Å²) in [6.45, 7) is 2.99. The number of nitrogens with one attached hydrogen (secondary N) is 1. The van der Waals surface area contributed by atoms with Gasteiger partial charge in [-0.05, 0) is 59.9 Å². The van der Waals surface area contributed by atoms with Gasteiger partial charge in [-0.1, -0.05) is 36.4 Å². The van der Waals surface area contributed by atoms with Gasteiger partial charge < -0.3 is 19.5 Å². The van der Waals surface area contributed by atoms with Gasteiger partial charge in [0.05, 0.1) is 39.6 Å². The average Bonchev–Trinajstić information content (AvgIpc) is 2.83. The number of hydrogen-bond acceptors (Lipinski definition) is 5. The van der Waals surface area contributed by atoms with E-state index in [2.05, 4.69) is 28.4 Å². The Morgan fingerprint density at radius 1 is 0.939 bits per heavy atom.